The van der Waals surface area contributed by atoms with Crippen LogP contribution in [-0.4, -0.2) is 36.7 Å². The third-order valence-corrected chi connectivity index (χ3v) is 4.12. The van der Waals surface area contributed by atoms with Gasteiger partial charge < -0.3 is 15.8 Å². The summed E-state index contributed by atoms with van der Waals surface area (Å²) in [5, 5.41) is 5.70. The van der Waals surface area contributed by atoms with Crippen molar-refractivity contribution in [3.05, 3.63) is 16.1 Å². The van der Waals surface area contributed by atoms with Crippen LogP contribution < -0.4 is 11.1 Å². The van der Waals surface area contributed by atoms with Crippen LogP contribution in [-0.2, 0) is 11.2 Å². The average Bonchev–Trinajstić information content (AvgIpc) is 2.98. The molecule has 0 saturated heterocycles. The van der Waals surface area contributed by atoms with Crippen molar-refractivity contribution in [3.63, 3.8) is 0 Å². The number of nitrogens with zero attached hydrogens (tertiary/aromatic N) is 1. The van der Waals surface area contributed by atoms with Crippen molar-refractivity contribution in [1.82, 2.24) is 10.3 Å². The largest absolute Gasteiger partial charge is 0.379 e. The lowest BCUT2D eigenvalue weighted by Crippen LogP contribution is -2.40. The number of thiazole rings is 1. The maximum Gasteiger partial charge on any atom is 0.271 e. The molecule has 1 aliphatic rings. The third kappa shape index (κ3) is 3.07. The highest BCUT2D eigenvalue weighted by Gasteiger charge is 2.29. The number of amides is 1. The Bertz CT molecular complexity index is 408. The van der Waals surface area contributed by atoms with Gasteiger partial charge in [0.05, 0.1) is 17.2 Å². The zero-order valence-electron chi connectivity index (χ0n) is 10.5. The van der Waals surface area contributed by atoms with Gasteiger partial charge in [-0.2, -0.15) is 0 Å². The van der Waals surface area contributed by atoms with E-state index in [1.54, 1.807) is 12.5 Å². The standard InChI is InChI=1S/C12H19N3O2S/c1-17-10-4-2-3-8(10)15-12(16)9-7-18-11(14-9)5-6-13/h7-8,10H,2-6,13H2,1H3,(H,15,16). The number of carbonyl (C=O) groups excluding carboxylic acids is 1. The van der Waals surface area contributed by atoms with E-state index >= 15 is 0 Å². The van der Waals surface area contributed by atoms with Crippen LogP contribution in [0.2, 0.25) is 0 Å². The third-order valence-electron chi connectivity index (χ3n) is 3.21. The van der Waals surface area contributed by atoms with Crippen molar-refractivity contribution < 1.29 is 9.53 Å². The van der Waals surface area contributed by atoms with Crippen molar-refractivity contribution in [2.75, 3.05) is 13.7 Å². The Morgan fingerprint density at radius 1 is 1.67 bits per heavy atom. The van der Waals surface area contributed by atoms with Crippen LogP contribution in [0.5, 0.6) is 0 Å². The smallest absolute Gasteiger partial charge is 0.271 e. The first-order valence-corrected chi connectivity index (χ1v) is 7.10. The van der Waals surface area contributed by atoms with Gasteiger partial charge in [-0.15, -0.1) is 11.3 Å². The first-order chi connectivity index (χ1) is 8.74. The lowest BCUT2D eigenvalue weighted by molar-refractivity contribution is 0.0719. The summed E-state index contributed by atoms with van der Waals surface area (Å²) in [5.41, 5.74) is 5.95. The summed E-state index contributed by atoms with van der Waals surface area (Å²) in [6.07, 6.45) is 3.94. The van der Waals surface area contributed by atoms with E-state index in [4.69, 9.17) is 10.5 Å². The Balaban J connectivity index is 1.94. The van der Waals surface area contributed by atoms with Crippen LogP contribution in [0, 0.1) is 0 Å². The summed E-state index contributed by atoms with van der Waals surface area (Å²) in [6, 6.07) is 0.113. The molecule has 2 rings (SSSR count). The van der Waals surface area contributed by atoms with Gasteiger partial charge in [-0.1, -0.05) is 0 Å². The number of aromatic nitrogens is 1. The highest BCUT2D eigenvalue weighted by molar-refractivity contribution is 7.09. The number of hydrogen-bond donors (Lipinski definition) is 2. The van der Waals surface area contributed by atoms with Gasteiger partial charge >= 0.3 is 0 Å². The molecule has 1 heterocycles. The SMILES string of the molecule is COC1CCCC1NC(=O)c1csc(CCN)n1. The Kier molecular flexibility index (Phi) is 4.68. The van der Waals surface area contributed by atoms with Crippen LogP contribution in [0.1, 0.15) is 34.8 Å². The molecule has 1 fully saturated rings. The summed E-state index contributed by atoms with van der Waals surface area (Å²) in [7, 11) is 1.69. The fraction of sp³-hybridized carbons (Fsp3) is 0.667. The molecule has 2 atom stereocenters. The number of rotatable bonds is 5. The molecule has 6 heteroatoms. The molecule has 1 saturated carbocycles. The van der Waals surface area contributed by atoms with E-state index in [1.807, 2.05) is 0 Å². The number of carbonyl (C=O) groups is 1. The second-order valence-electron chi connectivity index (χ2n) is 4.45. The second kappa shape index (κ2) is 6.26. The minimum Gasteiger partial charge on any atom is -0.379 e. The van der Waals surface area contributed by atoms with Crippen molar-refractivity contribution in [2.24, 2.45) is 5.73 Å². The first kappa shape index (κ1) is 13.5. The van der Waals surface area contributed by atoms with Crippen LogP contribution in [0.15, 0.2) is 5.38 Å². The van der Waals surface area contributed by atoms with Crippen molar-refractivity contribution in [1.29, 1.82) is 0 Å². The monoisotopic (exact) mass is 269 g/mol. The molecule has 0 aromatic carbocycles. The van der Waals surface area contributed by atoms with E-state index in [0.717, 1.165) is 30.7 Å². The predicted octanol–water partition coefficient (Wildman–Crippen LogP) is 0.942. The zero-order valence-corrected chi connectivity index (χ0v) is 11.3. The molecule has 0 bridgehead atoms. The minimum absolute atomic E-state index is 0.108. The summed E-state index contributed by atoms with van der Waals surface area (Å²) >= 11 is 1.48. The second-order valence-corrected chi connectivity index (χ2v) is 5.39. The number of hydrogen-bond acceptors (Lipinski definition) is 5. The van der Waals surface area contributed by atoms with Gasteiger partial charge in [0.15, 0.2) is 0 Å². The summed E-state index contributed by atoms with van der Waals surface area (Å²) in [6.45, 7) is 0.558. The predicted molar refractivity (Wildman–Crippen MR) is 70.8 cm³/mol. The van der Waals surface area contributed by atoms with Crippen molar-refractivity contribution >= 4 is 17.2 Å². The lowest BCUT2D eigenvalue weighted by Gasteiger charge is -2.18. The Morgan fingerprint density at radius 2 is 2.50 bits per heavy atom. The maximum atomic E-state index is 12.0. The molecule has 0 aliphatic heterocycles. The van der Waals surface area contributed by atoms with Gasteiger partial charge in [0.1, 0.15) is 5.69 Å². The van der Waals surface area contributed by atoms with Gasteiger partial charge in [0.2, 0.25) is 0 Å². The highest BCUT2D eigenvalue weighted by Crippen LogP contribution is 2.22. The van der Waals surface area contributed by atoms with Gasteiger partial charge in [0, 0.05) is 18.9 Å². The first-order valence-electron chi connectivity index (χ1n) is 6.22. The minimum atomic E-state index is -0.108. The summed E-state index contributed by atoms with van der Waals surface area (Å²) in [4.78, 5) is 16.3. The van der Waals surface area contributed by atoms with Crippen LogP contribution >= 0.6 is 11.3 Å². The van der Waals surface area contributed by atoms with Gasteiger partial charge in [0.25, 0.3) is 5.91 Å². The molecule has 0 spiro atoms. The fourth-order valence-electron chi connectivity index (χ4n) is 2.27. The number of methoxy groups -OCH3 is 1. The maximum absolute atomic E-state index is 12.0. The van der Waals surface area contributed by atoms with Crippen LogP contribution in [0.3, 0.4) is 0 Å². The average molecular weight is 269 g/mol. The molecule has 3 N–H and O–H groups in total. The molecule has 1 aliphatic carbocycles. The molecule has 18 heavy (non-hydrogen) atoms. The highest BCUT2D eigenvalue weighted by atomic mass is 32.1. The molecule has 1 aromatic heterocycles. The van der Waals surface area contributed by atoms with E-state index in [9.17, 15) is 4.79 Å². The Labute approximate surface area is 111 Å². The molecule has 5 nitrogen and oxygen atoms in total. The molecule has 100 valence electrons. The molecular weight excluding hydrogens is 250 g/mol. The molecule has 2 unspecified atom stereocenters. The molecule has 1 amide bonds. The lowest BCUT2D eigenvalue weighted by atomic mass is 10.2. The molecule has 0 radical (unpaired) electrons. The van der Waals surface area contributed by atoms with E-state index < -0.39 is 0 Å². The van der Waals surface area contributed by atoms with E-state index in [2.05, 4.69) is 10.3 Å². The number of nitrogens with two attached hydrogens (primary N) is 1. The van der Waals surface area contributed by atoms with Gasteiger partial charge in [-0.05, 0) is 25.8 Å². The van der Waals surface area contributed by atoms with E-state index in [1.165, 1.54) is 11.3 Å². The van der Waals surface area contributed by atoms with Gasteiger partial charge in [-0.3, -0.25) is 4.79 Å². The molecular formula is C12H19N3O2S. The Hall–Kier alpha value is -0.980. The Morgan fingerprint density at radius 3 is 3.22 bits per heavy atom. The van der Waals surface area contributed by atoms with E-state index in [-0.39, 0.29) is 18.1 Å². The zero-order chi connectivity index (χ0) is 13.0. The normalized spacial score (nSPS) is 23.2. The van der Waals surface area contributed by atoms with Gasteiger partial charge in [-0.25, -0.2) is 4.98 Å². The summed E-state index contributed by atoms with van der Waals surface area (Å²) in [5.74, 6) is -0.108. The van der Waals surface area contributed by atoms with Crippen molar-refractivity contribution in [2.45, 2.75) is 37.8 Å². The fourth-order valence-corrected chi connectivity index (χ4v) is 3.06. The van der Waals surface area contributed by atoms with Crippen LogP contribution in [0.25, 0.3) is 0 Å². The number of nitrogens with one attached hydrogen (secondary N) is 1. The van der Waals surface area contributed by atoms with Crippen molar-refractivity contribution in [3.8, 4) is 0 Å². The van der Waals surface area contributed by atoms with Crippen LogP contribution in [0.4, 0.5) is 0 Å². The molecule has 1 aromatic rings. The number of ether oxygens (including phenoxy) is 1. The topological polar surface area (TPSA) is 77.2 Å². The summed E-state index contributed by atoms with van der Waals surface area (Å²) < 4.78 is 5.36. The van der Waals surface area contributed by atoms with E-state index in [0.29, 0.717) is 12.2 Å². The quantitative estimate of drug-likeness (QED) is 0.834.